The number of carbonyl (C=O) groups excluding carboxylic acids is 1. The molecule has 0 spiro atoms. The van der Waals surface area contributed by atoms with Crippen LogP contribution in [0.25, 0.3) is 0 Å². The van der Waals surface area contributed by atoms with Crippen LogP contribution in [0.1, 0.15) is 40.2 Å². The first-order chi connectivity index (χ1) is 14.9. The van der Waals surface area contributed by atoms with Crippen molar-refractivity contribution in [3.05, 3.63) is 52.1 Å². The van der Waals surface area contributed by atoms with Crippen LogP contribution < -0.4 is 0 Å². The molecule has 4 N–H and O–H groups in total. The van der Waals surface area contributed by atoms with Crippen molar-refractivity contribution in [1.29, 1.82) is 0 Å². The fourth-order valence-electron chi connectivity index (χ4n) is 4.74. The molecule has 7 nitrogen and oxygen atoms in total. The number of aromatic hydroxyl groups is 3. The van der Waals surface area contributed by atoms with Crippen molar-refractivity contribution in [3.8, 4) is 17.2 Å². The van der Waals surface area contributed by atoms with Crippen LogP contribution in [0.3, 0.4) is 0 Å². The van der Waals surface area contributed by atoms with Gasteiger partial charge >= 0.3 is 0 Å². The second-order valence-electron chi connectivity index (χ2n) is 8.77. The molecule has 2 aromatic rings. The summed E-state index contributed by atoms with van der Waals surface area (Å²) in [4.78, 5) is 16.8. The van der Waals surface area contributed by atoms with Gasteiger partial charge in [0.05, 0.1) is 13.0 Å². The van der Waals surface area contributed by atoms with Crippen LogP contribution in [0.5, 0.6) is 17.2 Å². The predicted molar refractivity (Wildman–Crippen MR) is 116 cm³/mol. The van der Waals surface area contributed by atoms with Crippen LogP contribution in [0.2, 0.25) is 0 Å². The summed E-state index contributed by atoms with van der Waals surface area (Å²) < 4.78 is 0. The summed E-state index contributed by atoms with van der Waals surface area (Å²) in [6.45, 7) is 2.85. The number of rotatable bonds is 7. The molecule has 0 aromatic heterocycles. The van der Waals surface area contributed by atoms with Crippen molar-refractivity contribution < 1.29 is 25.2 Å². The standard InChI is InChI=1S/C24H30N2O5/c1-25(13-18-8-17-10-22(29)23(30)12-20(17)18)4-2-5-26-6-3-15-7-19(14-27)21(28)9-16(15)11-24(26)31/h7,9-10,12,18,27-30H,2-6,8,11,13-14H2,1H3/t18-/m1/s1. The van der Waals surface area contributed by atoms with Crippen LogP contribution in [0.4, 0.5) is 0 Å². The quantitative estimate of drug-likeness (QED) is 0.504. The number of fused-ring (bicyclic) bond motifs is 2. The number of likely N-dealkylation sites (N-methyl/N-ethyl adjacent to an activating group) is 1. The van der Waals surface area contributed by atoms with E-state index in [1.165, 1.54) is 0 Å². The largest absolute Gasteiger partial charge is 0.508 e. The molecule has 0 saturated carbocycles. The molecule has 1 amide bonds. The molecular formula is C24H30N2O5. The molecule has 0 fully saturated rings. The van der Waals surface area contributed by atoms with E-state index in [4.69, 9.17) is 0 Å². The van der Waals surface area contributed by atoms with Gasteiger partial charge in [0.25, 0.3) is 0 Å². The van der Waals surface area contributed by atoms with Crippen molar-refractivity contribution in [2.45, 2.75) is 38.2 Å². The molecule has 2 aliphatic rings. The number of hydrogen-bond acceptors (Lipinski definition) is 6. The van der Waals surface area contributed by atoms with E-state index in [0.717, 1.165) is 54.6 Å². The van der Waals surface area contributed by atoms with Gasteiger partial charge in [0.1, 0.15) is 5.75 Å². The van der Waals surface area contributed by atoms with Gasteiger partial charge in [-0.3, -0.25) is 4.79 Å². The van der Waals surface area contributed by atoms with E-state index in [0.29, 0.717) is 24.6 Å². The highest BCUT2D eigenvalue weighted by Gasteiger charge is 2.29. The minimum Gasteiger partial charge on any atom is -0.508 e. The molecule has 166 valence electrons. The van der Waals surface area contributed by atoms with Gasteiger partial charge in [-0.2, -0.15) is 0 Å². The fourth-order valence-corrected chi connectivity index (χ4v) is 4.74. The lowest BCUT2D eigenvalue weighted by Crippen LogP contribution is -2.36. The Kier molecular flexibility index (Phi) is 6.07. The average molecular weight is 427 g/mol. The highest BCUT2D eigenvalue weighted by atomic mass is 16.3. The Balaban J connectivity index is 1.27. The minimum absolute atomic E-state index is 0.0465. The summed E-state index contributed by atoms with van der Waals surface area (Å²) in [6, 6.07) is 6.74. The van der Waals surface area contributed by atoms with Crippen LogP contribution >= 0.6 is 0 Å². The fraction of sp³-hybridized carbons (Fsp3) is 0.458. The summed E-state index contributed by atoms with van der Waals surface area (Å²) in [6.07, 6.45) is 2.77. The minimum atomic E-state index is -0.213. The normalized spacial score (nSPS) is 17.8. The Labute approximate surface area is 182 Å². The lowest BCUT2D eigenvalue weighted by Gasteiger charge is -2.34. The van der Waals surface area contributed by atoms with E-state index in [-0.39, 0.29) is 36.2 Å². The number of benzene rings is 2. The summed E-state index contributed by atoms with van der Waals surface area (Å²) >= 11 is 0. The first-order valence-corrected chi connectivity index (χ1v) is 10.8. The summed E-state index contributed by atoms with van der Waals surface area (Å²) in [5.41, 5.74) is 4.57. The maximum absolute atomic E-state index is 12.7. The molecule has 4 rings (SSSR count). The maximum atomic E-state index is 12.7. The third-order valence-corrected chi connectivity index (χ3v) is 6.56. The molecule has 31 heavy (non-hydrogen) atoms. The van der Waals surface area contributed by atoms with E-state index in [2.05, 4.69) is 11.9 Å². The molecule has 0 saturated heterocycles. The highest BCUT2D eigenvalue weighted by molar-refractivity contribution is 5.80. The zero-order chi connectivity index (χ0) is 22.1. The van der Waals surface area contributed by atoms with Crippen LogP contribution in [0, 0.1) is 0 Å². The van der Waals surface area contributed by atoms with E-state index >= 15 is 0 Å². The van der Waals surface area contributed by atoms with Gasteiger partial charge in [-0.05, 0) is 79.4 Å². The number of nitrogens with zero attached hydrogens (tertiary/aromatic N) is 2. The Hall–Kier alpha value is -2.77. The van der Waals surface area contributed by atoms with Gasteiger partial charge in [-0.25, -0.2) is 0 Å². The summed E-state index contributed by atoms with van der Waals surface area (Å²) in [7, 11) is 2.07. The van der Waals surface area contributed by atoms with Gasteiger partial charge in [0, 0.05) is 31.1 Å². The zero-order valence-electron chi connectivity index (χ0n) is 17.8. The SMILES string of the molecule is CN(CCCN1CCc2cc(CO)c(O)cc2CC1=O)C[C@H]1Cc2cc(O)c(O)cc21. The maximum Gasteiger partial charge on any atom is 0.227 e. The monoisotopic (exact) mass is 426 g/mol. The summed E-state index contributed by atoms with van der Waals surface area (Å²) in [5, 5.41) is 38.7. The van der Waals surface area contributed by atoms with E-state index < -0.39 is 0 Å². The number of phenols is 3. The van der Waals surface area contributed by atoms with E-state index in [9.17, 15) is 25.2 Å². The molecular weight excluding hydrogens is 396 g/mol. The summed E-state index contributed by atoms with van der Waals surface area (Å²) in [5.74, 6) is 0.351. The van der Waals surface area contributed by atoms with Crippen LogP contribution in [-0.2, 0) is 30.7 Å². The molecule has 1 atom stereocenters. The average Bonchev–Trinajstić information content (AvgIpc) is 2.87. The Morgan fingerprint density at radius 3 is 2.55 bits per heavy atom. The Morgan fingerprint density at radius 1 is 1.03 bits per heavy atom. The zero-order valence-corrected chi connectivity index (χ0v) is 17.8. The number of carbonyl (C=O) groups is 1. The molecule has 7 heteroatoms. The van der Waals surface area contributed by atoms with Gasteiger partial charge < -0.3 is 30.2 Å². The van der Waals surface area contributed by atoms with Crippen LogP contribution in [-0.4, -0.2) is 69.4 Å². The molecule has 1 heterocycles. The van der Waals surface area contributed by atoms with Crippen molar-refractivity contribution >= 4 is 5.91 Å². The Morgan fingerprint density at radius 2 is 1.77 bits per heavy atom. The van der Waals surface area contributed by atoms with Gasteiger partial charge in [0.15, 0.2) is 11.5 Å². The van der Waals surface area contributed by atoms with Gasteiger partial charge in [-0.1, -0.05) is 0 Å². The first-order valence-electron chi connectivity index (χ1n) is 10.8. The van der Waals surface area contributed by atoms with Crippen molar-refractivity contribution in [3.63, 3.8) is 0 Å². The van der Waals surface area contributed by atoms with Crippen LogP contribution in [0.15, 0.2) is 24.3 Å². The third kappa shape index (κ3) is 4.48. The number of hydrogen-bond donors (Lipinski definition) is 4. The van der Waals surface area contributed by atoms with Crippen molar-refractivity contribution in [1.82, 2.24) is 9.80 Å². The number of aliphatic hydroxyl groups excluding tert-OH is 1. The molecule has 1 aliphatic carbocycles. The second kappa shape index (κ2) is 8.77. The van der Waals surface area contributed by atoms with E-state index in [1.54, 1.807) is 18.2 Å². The van der Waals surface area contributed by atoms with Gasteiger partial charge in [-0.15, -0.1) is 0 Å². The molecule has 0 unspecified atom stereocenters. The molecule has 0 radical (unpaired) electrons. The van der Waals surface area contributed by atoms with E-state index in [1.807, 2.05) is 11.0 Å². The predicted octanol–water partition coefficient (Wildman–Crippen LogP) is 1.88. The lowest BCUT2D eigenvalue weighted by molar-refractivity contribution is -0.130. The lowest BCUT2D eigenvalue weighted by atomic mass is 9.77. The number of amides is 1. The third-order valence-electron chi connectivity index (χ3n) is 6.56. The number of phenolic OH excluding ortho intramolecular Hbond substituents is 2. The number of aliphatic hydroxyl groups is 1. The molecule has 1 aliphatic heterocycles. The highest BCUT2D eigenvalue weighted by Crippen LogP contribution is 2.41. The Bertz CT molecular complexity index is 990. The molecule has 2 aromatic carbocycles. The van der Waals surface area contributed by atoms with Crippen molar-refractivity contribution in [2.24, 2.45) is 0 Å². The second-order valence-corrected chi connectivity index (χ2v) is 8.77. The topological polar surface area (TPSA) is 104 Å². The first kappa shape index (κ1) is 21.5. The smallest absolute Gasteiger partial charge is 0.227 e. The van der Waals surface area contributed by atoms with Gasteiger partial charge in [0.2, 0.25) is 5.91 Å². The van der Waals surface area contributed by atoms with Crippen molar-refractivity contribution in [2.75, 3.05) is 33.2 Å². The molecule has 0 bridgehead atoms.